The van der Waals surface area contributed by atoms with Gasteiger partial charge in [-0.25, -0.2) is 0 Å². The van der Waals surface area contributed by atoms with Gasteiger partial charge in [0.05, 0.1) is 16.6 Å². The van der Waals surface area contributed by atoms with E-state index >= 15 is 0 Å². The topological polar surface area (TPSA) is 76.2 Å². The third-order valence-electron chi connectivity index (χ3n) is 4.02. The fourth-order valence-corrected chi connectivity index (χ4v) is 2.64. The van der Waals surface area contributed by atoms with Crippen LogP contribution < -0.4 is 4.74 Å². The molecule has 0 N–H and O–H groups in total. The number of nitrogens with zero attached hydrogens (tertiary/aromatic N) is 2. The number of rotatable bonds is 6. The molecule has 0 unspecified atom stereocenters. The predicted molar refractivity (Wildman–Crippen MR) is 109 cm³/mol. The van der Waals surface area contributed by atoms with Crippen molar-refractivity contribution >= 4 is 28.9 Å². The van der Waals surface area contributed by atoms with Crippen molar-refractivity contribution in [3.63, 3.8) is 0 Å². The molecule has 0 amide bonds. The van der Waals surface area contributed by atoms with E-state index in [0.717, 1.165) is 16.7 Å². The highest BCUT2D eigenvalue weighted by atomic mass is 35.5. The Kier molecular flexibility index (Phi) is 6.05. The van der Waals surface area contributed by atoms with Crippen LogP contribution in [0, 0.1) is 21.4 Å². The molecule has 0 saturated heterocycles. The summed E-state index contributed by atoms with van der Waals surface area (Å²) in [6.07, 6.45) is 1.79. The monoisotopic (exact) mass is 390 g/mol. The van der Waals surface area contributed by atoms with E-state index in [0.29, 0.717) is 23.0 Å². The number of benzene rings is 3. The molecule has 0 heterocycles. The molecule has 0 spiro atoms. The fourth-order valence-electron chi connectivity index (χ4n) is 2.52. The van der Waals surface area contributed by atoms with Crippen LogP contribution >= 0.6 is 11.6 Å². The third-order valence-corrected chi connectivity index (χ3v) is 4.27. The molecule has 0 aliphatic heterocycles. The van der Waals surface area contributed by atoms with Crippen molar-refractivity contribution in [1.82, 2.24) is 0 Å². The second kappa shape index (κ2) is 8.85. The Bertz CT molecular complexity index is 1040. The first-order valence-electron chi connectivity index (χ1n) is 8.39. The minimum Gasteiger partial charge on any atom is -0.489 e. The van der Waals surface area contributed by atoms with Crippen molar-refractivity contribution in [2.75, 3.05) is 0 Å². The quantitative estimate of drug-likeness (QED) is 0.227. The molecule has 0 saturated carbocycles. The number of ether oxygens (including phenoxy) is 1. The van der Waals surface area contributed by atoms with Gasteiger partial charge in [-0.1, -0.05) is 35.9 Å². The summed E-state index contributed by atoms with van der Waals surface area (Å²) in [5.74, 6) is 0.667. The number of allylic oxidation sites excluding steroid dienone is 1. The number of nitro groups is 1. The maximum atomic E-state index is 10.7. The lowest BCUT2D eigenvalue weighted by atomic mass is 10.0. The number of nitro benzene ring substituents is 1. The lowest BCUT2D eigenvalue weighted by Gasteiger charge is -2.07. The van der Waals surface area contributed by atoms with Crippen LogP contribution in [0.1, 0.15) is 16.7 Å². The van der Waals surface area contributed by atoms with E-state index in [1.165, 1.54) is 12.1 Å². The van der Waals surface area contributed by atoms with Crippen molar-refractivity contribution in [2.24, 2.45) is 0 Å². The van der Waals surface area contributed by atoms with E-state index in [2.05, 4.69) is 6.07 Å². The molecular formula is C22H15ClN2O3. The summed E-state index contributed by atoms with van der Waals surface area (Å²) < 4.78 is 5.71. The zero-order valence-electron chi connectivity index (χ0n) is 14.7. The van der Waals surface area contributed by atoms with E-state index in [4.69, 9.17) is 16.3 Å². The lowest BCUT2D eigenvalue weighted by Crippen LogP contribution is -1.96. The molecule has 0 atom stereocenters. The van der Waals surface area contributed by atoms with Crippen LogP contribution in [0.15, 0.2) is 72.8 Å². The number of hydrogen-bond donors (Lipinski definition) is 0. The minimum absolute atomic E-state index is 0.0499. The van der Waals surface area contributed by atoms with Gasteiger partial charge in [0, 0.05) is 17.2 Å². The molecule has 28 heavy (non-hydrogen) atoms. The maximum Gasteiger partial charge on any atom is 0.269 e. The van der Waals surface area contributed by atoms with Gasteiger partial charge in [-0.3, -0.25) is 10.1 Å². The van der Waals surface area contributed by atoms with E-state index < -0.39 is 4.92 Å². The SMILES string of the molecule is N#C/C(=C\c1ccc(OCc2ccc([N+](=O)[O-])cc2)cc1)c1ccc(Cl)cc1. The molecule has 0 aliphatic rings. The Balaban J connectivity index is 1.66. The first kappa shape index (κ1) is 19.2. The summed E-state index contributed by atoms with van der Waals surface area (Å²) in [4.78, 5) is 10.2. The lowest BCUT2D eigenvalue weighted by molar-refractivity contribution is -0.384. The van der Waals surface area contributed by atoms with Gasteiger partial charge in [-0.05, 0) is 59.2 Å². The van der Waals surface area contributed by atoms with Crippen LogP contribution in [0.3, 0.4) is 0 Å². The molecule has 3 aromatic carbocycles. The Hall–Kier alpha value is -3.62. The number of halogens is 1. The molecule has 3 aromatic rings. The molecule has 0 aromatic heterocycles. The van der Waals surface area contributed by atoms with Crippen molar-refractivity contribution in [3.05, 3.63) is 105 Å². The minimum atomic E-state index is -0.434. The Labute approximate surface area is 167 Å². The van der Waals surface area contributed by atoms with Crippen LogP contribution in [-0.4, -0.2) is 4.92 Å². The molecule has 6 heteroatoms. The highest BCUT2D eigenvalue weighted by molar-refractivity contribution is 6.30. The molecule has 0 fully saturated rings. The van der Waals surface area contributed by atoms with Crippen molar-refractivity contribution in [3.8, 4) is 11.8 Å². The normalized spacial score (nSPS) is 10.9. The summed E-state index contributed by atoms with van der Waals surface area (Å²) in [6, 6.07) is 22.9. The number of hydrogen-bond acceptors (Lipinski definition) is 4. The average Bonchev–Trinajstić information content (AvgIpc) is 2.72. The fraction of sp³-hybridized carbons (Fsp3) is 0.0455. The van der Waals surface area contributed by atoms with Crippen LogP contribution in [0.25, 0.3) is 11.6 Å². The largest absolute Gasteiger partial charge is 0.489 e. The van der Waals surface area contributed by atoms with E-state index in [1.54, 1.807) is 42.5 Å². The van der Waals surface area contributed by atoms with E-state index in [-0.39, 0.29) is 5.69 Å². The smallest absolute Gasteiger partial charge is 0.269 e. The zero-order valence-corrected chi connectivity index (χ0v) is 15.5. The highest BCUT2D eigenvalue weighted by Gasteiger charge is 2.05. The van der Waals surface area contributed by atoms with Crippen LogP contribution in [0.4, 0.5) is 5.69 Å². The van der Waals surface area contributed by atoms with Gasteiger partial charge in [0.2, 0.25) is 0 Å². The zero-order chi connectivity index (χ0) is 19.9. The van der Waals surface area contributed by atoms with Crippen molar-refractivity contribution < 1.29 is 9.66 Å². The molecule has 0 aliphatic carbocycles. The Morgan fingerprint density at radius 2 is 1.68 bits per heavy atom. The first-order valence-corrected chi connectivity index (χ1v) is 8.77. The molecule has 0 radical (unpaired) electrons. The highest BCUT2D eigenvalue weighted by Crippen LogP contribution is 2.22. The molecule has 138 valence electrons. The standard InChI is InChI=1S/C22H15ClN2O3/c23-20-7-5-18(6-8-20)19(14-24)13-16-3-11-22(12-4-16)28-15-17-1-9-21(10-2-17)25(26)27/h1-13H,15H2/b19-13+. The van der Waals surface area contributed by atoms with Crippen LogP contribution in [-0.2, 0) is 6.61 Å². The average molecular weight is 391 g/mol. The predicted octanol–water partition coefficient (Wildman–Crippen LogP) is 5.89. The summed E-state index contributed by atoms with van der Waals surface area (Å²) >= 11 is 5.89. The Morgan fingerprint density at radius 1 is 1.04 bits per heavy atom. The number of non-ortho nitro benzene ring substituents is 1. The van der Waals surface area contributed by atoms with Crippen molar-refractivity contribution in [1.29, 1.82) is 5.26 Å². The maximum absolute atomic E-state index is 10.7. The van der Waals surface area contributed by atoms with Crippen molar-refractivity contribution in [2.45, 2.75) is 6.61 Å². The summed E-state index contributed by atoms with van der Waals surface area (Å²) in [5, 5.41) is 20.7. The van der Waals surface area contributed by atoms with E-state index in [1.807, 2.05) is 24.3 Å². The molecule has 0 bridgehead atoms. The van der Waals surface area contributed by atoms with Crippen LogP contribution in [0.5, 0.6) is 5.75 Å². The second-order valence-corrected chi connectivity index (χ2v) is 6.39. The van der Waals surface area contributed by atoms with E-state index in [9.17, 15) is 15.4 Å². The van der Waals surface area contributed by atoms with Gasteiger partial charge in [-0.2, -0.15) is 5.26 Å². The second-order valence-electron chi connectivity index (χ2n) is 5.96. The summed E-state index contributed by atoms with van der Waals surface area (Å²) in [6.45, 7) is 0.307. The van der Waals surface area contributed by atoms with Gasteiger partial charge in [0.1, 0.15) is 12.4 Å². The van der Waals surface area contributed by atoms with Gasteiger partial charge in [0.25, 0.3) is 5.69 Å². The summed E-state index contributed by atoms with van der Waals surface area (Å²) in [5.41, 5.74) is 3.09. The summed E-state index contributed by atoms with van der Waals surface area (Å²) in [7, 11) is 0. The van der Waals surface area contributed by atoms with Gasteiger partial charge in [0.15, 0.2) is 0 Å². The van der Waals surface area contributed by atoms with Crippen LogP contribution in [0.2, 0.25) is 5.02 Å². The molecule has 3 rings (SSSR count). The Morgan fingerprint density at radius 3 is 2.25 bits per heavy atom. The molecular weight excluding hydrogens is 376 g/mol. The third kappa shape index (κ3) is 4.97. The van der Waals surface area contributed by atoms with Gasteiger partial charge in [-0.15, -0.1) is 0 Å². The van der Waals surface area contributed by atoms with Gasteiger partial charge >= 0.3 is 0 Å². The van der Waals surface area contributed by atoms with Gasteiger partial charge < -0.3 is 4.74 Å². The molecule has 5 nitrogen and oxygen atoms in total. The first-order chi connectivity index (χ1) is 13.5. The number of nitriles is 1.